The summed E-state index contributed by atoms with van der Waals surface area (Å²) in [7, 11) is 0. The van der Waals surface area contributed by atoms with Crippen molar-refractivity contribution in [1.82, 2.24) is 0 Å². The molecule has 0 aromatic carbocycles. The van der Waals surface area contributed by atoms with E-state index in [1.165, 1.54) is 44.1 Å². The van der Waals surface area contributed by atoms with Crippen LogP contribution in [0.5, 0.6) is 0 Å². The lowest BCUT2D eigenvalue weighted by Crippen LogP contribution is -2.36. The molecule has 0 radical (unpaired) electrons. The van der Waals surface area contributed by atoms with Crippen LogP contribution in [0.4, 0.5) is 0 Å². The van der Waals surface area contributed by atoms with Gasteiger partial charge in [0, 0.05) is 5.92 Å². The van der Waals surface area contributed by atoms with Gasteiger partial charge in [-0.2, -0.15) is 0 Å². The molecule has 2 heteroatoms. The number of fused-ring (bicyclic) bond motifs is 1. The molecular formula is C29H48O2. The first kappa shape index (κ1) is 24.8. The predicted molar refractivity (Wildman–Crippen MR) is 132 cm³/mol. The summed E-state index contributed by atoms with van der Waals surface area (Å²) in [5.74, 6) is 2.80. The SMILES string of the molecule is C=C1[C@H](C)C/C(=C\C=C2/CCC[C@]3(C)[C@@H]([C@@H](C)CCCC(C)(C)O)CC[C@@H]23)C(C)[C@H]1O. The van der Waals surface area contributed by atoms with Crippen LogP contribution in [-0.4, -0.2) is 21.9 Å². The first-order valence-corrected chi connectivity index (χ1v) is 12.9. The summed E-state index contributed by atoms with van der Waals surface area (Å²) in [6.07, 6.45) is 15.3. The van der Waals surface area contributed by atoms with Gasteiger partial charge in [-0.25, -0.2) is 0 Å². The molecule has 0 heterocycles. The van der Waals surface area contributed by atoms with Crippen LogP contribution in [0.3, 0.4) is 0 Å². The van der Waals surface area contributed by atoms with Crippen molar-refractivity contribution in [2.45, 2.75) is 111 Å². The van der Waals surface area contributed by atoms with Crippen molar-refractivity contribution in [3.8, 4) is 0 Å². The molecular weight excluding hydrogens is 380 g/mol. The summed E-state index contributed by atoms with van der Waals surface area (Å²) in [6, 6.07) is 0. The number of rotatable bonds is 6. The Morgan fingerprint density at radius 3 is 2.55 bits per heavy atom. The van der Waals surface area contributed by atoms with E-state index < -0.39 is 11.7 Å². The van der Waals surface area contributed by atoms with Gasteiger partial charge >= 0.3 is 0 Å². The van der Waals surface area contributed by atoms with E-state index in [4.69, 9.17) is 0 Å². The maximum Gasteiger partial charge on any atom is 0.0812 e. The third kappa shape index (κ3) is 5.38. The average molecular weight is 429 g/mol. The molecule has 3 saturated carbocycles. The van der Waals surface area contributed by atoms with Crippen molar-refractivity contribution < 1.29 is 10.2 Å². The lowest BCUT2D eigenvalue weighted by Gasteiger charge is -2.44. The van der Waals surface area contributed by atoms with Crippen molar-refractivity contribution in [1.29, 1.82) is 0 Å². The Hall–Kier alpha value is -0.860. The fourth-order valence-corrected chi connectivity index (χ4v) is 7.19. The van der Waals surface area contributed by atoms with Gasteiger partial charge in [0.1, 0.15) is 0 Å². The minimum atomic E-state index is -0.538. The molecule has 7 atom stereocenters. The Balaban J connectivity index is 1.71. The summed E-state index contributed by atoms with van der Waals surface area (Å²) in [4.78, 5) is 0. The van der Waals surface area contributed by atoms with Crippen molar-refractivity contribution in [2.75, 3.05) is 0 Å². The highest BCUT2D eigenvalue weighted by atomic mass is 16.3. The van der Waals surface area contributed by atoms with E-state index >= 15 is 0 Å². The van der Waals surface area contributed by atoms with Gasteiger partial charge in [-0.1, -0.05) is 70.4 Å². The molecule has 2 nitrogen and oxygen atoms in total. The lowest BCUT2D eigenvalue weighted by atomic mass is 9.60. The van der Waals surface area contributed by atoms with E-state index in [1.54, 1.807) is 5.57 Å². The highest BCUT2D eigenvalue weighted by molar-refractivity contribution is 5.30. The molecule has 0 bridgehead atoms. The maximum absolute atomic E-state index is 10.6. The first-order chi connectivity index (χ1) is 14.4. The Bertz CT molecular complexity index is 709. The van der Waals surface area contributed by atoms with Gasteiger partial charge in [0.2, 0.25) is 0 Å². The maximum atomic E-state index is 10.6. The highest BCUT2D eigenvalue weighted by Gasteiger charge is 2.50. The van der Waals surface area contributed by atoms with Gasteiger partial charge in [0.25, 0.3) is 0 Å². The molecule has 3 aliphatic rings. The second-order valence-corrected chi connectivity index (χ2v) is 12.2. The molecule has 0 aromatic rings. The van der Waals surface area contributed by atoms with Crippen molar-refractivity contribution in [2.24, 2.45) is 35.0 Å². The number of hydrogen-bond acceptors (Lipinski definition) is 2. The fourth-order valence-electron chi connectivity index (χ4n) is 7.19. The monoisotopic (exact) mass is 428 g/mol. The van der Waals surface area contributed by atoms with Crippen LogP contribution in [0.25, 0.3) is 0 Å². The Morgan fingerprint density at radius 1 is 1.19 bits per heavy atom. The molecule has 0 aliphatic heterocycles. The smallest absolute Gasteiger partial charge is 0.0812 e. The molecule has 176 valence electrons. The first-order valence-electron chi connectivity index (χ1n) is 12.9. The average Bonchev–Trinajstić information content (AvgIpc) is 3.04. The van der Waals surface area contributed by atoms with E-state index in [1.807, 2.05) is 13.8 Å². The molecule has 3 rings (SSSR count). The second kappa shape index (κ2) is 9.56. The number of hydrogen-bond donors (Lipinski definition) is 2. The summed E-state index contributed by atoms with van der Waals surface area (Å²) in [5, 5.41) is 20.6. The van der Waals surface area contributed by atoms with Crippen molar-refractivity contribution in [3.63, 3.8) is 0 Å². The zero-order valence-corrected chi connectivity index (χ0v) is 21.1. The number of aliphatic hydroxyl groups excluding tert-OH is 1. The van der Waals surface area contributed by atoms with Gasteiger partial charge in [0.15, 0.2) is 0 Å². The van der Waals surface area contributed by atoms with Crippen molar-refractivity contribution >= 4 is 0 Å². The molecule has 3 aliphatic carbocycles. The second-order valence-electron chi connectivity index (χ2n) is 12.2. The Labute approximate surface area is 191 Å². The Kier molecular flexibility index (Phi) is 7.64. The van der Waals surface area contributed by atoms with Crippen LogP contribution in [0.2, 0.25) is 0 Å². The van der Waals surface area contributed by atoms with Crippen LogP contribution >= 0.6 is 0 Å². The minimum absolute atomic E-state index is 0.183. The van der Waals surface area contributed by atoms with E-state index in [9.17, 15) is 10.2 Å². The molecule has 3 fully saturated rings. The summed E-state index contributed by atoms with van der Waals surface area (Å²) in [5.41, 5.74) is 3.94. The van der Waals surface area contributed by atoms with Crippen LogP contribution in [-0.2, 0) is 0 Å². The summed E-state index contributed by atoms with van der Waals surface area (Å²) < 4.78 is 0. The van der Waals surface area contributed by atoms with E-state index in [0.29, 0.717) is 11.3 Å². The van der Waals surface area contributed by atoms with Gasteiger partial charge < -0.3 is 10.2 Å². The highest BCUT2D eigenvalue weighted by Crippen LogP contribution is 2.60. The largest absolute Gasteiger partial charge is 0.390 e. The summed E-state index contributed by atoms with van der Waals surface area (Å²) >= 11 is 0. The van der Waals surface area contributed by atoms with Gasteiger partial charge in [-0.3, -0.25) is 0 Å². The van der Waals surface area contributed by atoms with Crippen LogP contribution in [0.1, 0.15) is 99.3 Å². The molecule has 0 aromatic heterocycles. The van der Waals surface area contributed by atoms with Crippen LogP contribution < -0.4 is 0 Å². The van der Waals surface area contributed by atoms with Gasteiger partial charge in [-0.05, 0) is 93.5 Å². The van der Waals surface area contributed by atoms with Gasteiger partial charge in [0.05, 0.1) is 11.7 Å². The molecule has 2 N–H and O–H groups in total. The van der Waals surface area contributed by atoms with Crippen LogP contribution in [0, 0.1) is 35.0 Å². The van der Waals surface area contributed by atoms with Gasteiger partial charge in [-0.15, -0.1) is 0 Å². The molecule has 1 unspecified atom stereocenters. The summed E-state index contributed by atoms with van der Waals surface area (Å²) in [6.45, 7) is 17.4. The quantitative estimate of drug-likeness (QED) is 0.438. The molecule has 31 heavy (non-hydrogen) atoms. The molecule has 0 spiro atoms. The third-order valence-corrected chi connectivity index (χ3v) is 9.30. The number of aliphatic hydroxyl groups is 2. The predicted octanol–water partition coefficient (Wildman–Crippen LogP) is 7.23. The normalized spacial score (nSPS) is 40.4. The van der Waals surface area contributed by atoms with E-state index in [0.717, 1.165) is 42.6 Å². The third-order valence-electron chi connectivity index (χ3n) is 9.30. The minimum Gasteiger partial charge on any atom is -0.390 e. The van der Waals surface area contributed by atoms with E-state index in [2.05, 4.69) is 46.4 Å². The Morgan fingerprint density at radius 2 is 1.87 bits per heavy atom. The zero-order valence-electron chi connectivity index (χ0n) is 21.1. The fraction of sp³-hybridized carbons (Fsp3) is 0.793. The van der Waals surface area contributed by atoms with Crippen molar-refractivity contribution in [3.05, 3.63) is 35.5 Å². The number of allylic oxidation sites excluding steroid dienone is 3. The van der Waals surface area contributed by atoms with Crippen LogP contribution in [0.15, 0.2) is 35.5 Å². The standard InChI is InChI=1S/C29H48O2/c1-19(10-8-16-28(5,6)31)25-14-15-26-23(11-9-17-29(25,26)7)12-13-24-18-20(2)21(3)27(30)22(24)4/h12-13,19-20,22,25-27,30-31H,3,8-11,14-18H2,1-2,4-7H3/b23-12+,24-13+/t19-,20+,22?,25+,26-,27-,29+/m0/s1. The molecule has 0 saturated heterocycles. The lowest BCUT2D eigenvalue weighted by molar-refractivity contribution is 0.0596. The topological polar surface area (TPSA) is 40.5 Å². The van der Waals surface area contributed by atoms with E-state index in [-0.39, 0.29) is 5.92 Å². The molecule has 0 amide bonds. The zero-order chi connectivity index (χ0) is 23.0.